The van der Waals surface area contributed by atoms with Gasteiger partial charge in [-0.05, 0) is 38.2 Å². The average molecular weight is 358 g/mol. The van der Waals surface area contributed by atoms with E-state index in [0.717, 1.165) is 12.8 Å². The van der Waals surface area contributed by atoms with Crippen LogP contribution in [0.5, 0.6) is 0 Å². The van der Waals surface area contributed by atoms with E-state index < -0.39 is 12.1 Å². The van der Waals surface area contributed by atoms with E-state index in [1.165, 1.54) is 0 Å². The first-order valence-corrected chi connectivity index (χ1v) is 9.29. The molecule has 0 aliphatic heterocycles. The van der Waals surface area contributed by atoms with Crippen molar-refractivity contribution in [1.29, 1.82) is 0 Å². The molecule has 0 saturated carbocycles. The standard InChI is InChI=1S/C22H30O4/c1-2-3-4-5-6-8-11-19(23)16-14-18-15-17-21(24)20(18)12-9-7-10-13-22(25)26/h3-4,6-9,14-20,23H,2,5,10-13H2,1H3,(H,25,26)/b4-3-,8-6-,9-7-,16-14+/t18-,19+,20-/m0/s1. The molecule has 4 heteroatoms. The predicted molar refractivity (Wildman–Crippen MR) is 105 cm³/mol. The number of aliphatic carboxylic acids is 1. The number of aliphatic hydroxyl groups is 1. The second kappa shape index (κ2) is 13.1. The van der Waals surface area contributed by atoms with Gasteiger partial charge in [0.15, 0.2) is 5.78 Å². The first kappa shape index (κ1) is 21.8. The van der Waals surface area contributed by atoms with Gasteiger partial charge in [0.25, 0.3) is 0 Å². The number of aliphatic hydroxyl groups excluding tert-OH is 1. The molecule has 1 aliphatic rings. The number of allylic oxidation sites excluding steroid dienone is 8. The van der Waals surface area contributed by atoms with Gasteiger partial charge in [-0.1, -0.05) is 61.6 Å². The lowest BCUT2D eigenvalue weighted by Gasteiger charge is -2.13. The number of carbonyl (C=O) groups is 2. The number of carbonyl (C=O) groups excluding carboxylic acids is 1. The number of ketones is 1. The molecule has 1 aliphatic carbocycles. The second-order valence-corrected chi connectivity index (χ2v) is 6.36. The molecule has 0 saturated heterocycles. The number of carboxylic acids is 1. The Morgan fingerprint density at radius 1 is 1.19 bits per heavy atom. The van der Waals surface area contributed by atoms with Gasteiger partial charge in [0.2, 0.25) is 0 Å². The normalized spacial score (nSPS) is 21.8. The first-order valence-electron chi connectivity index (χ1n) is 9.29. The van der Waals surface area contributed by atoms with Crippen LogP contribution in [0, 0.1) is 11.8 Å². The second-order valence-electron chi connectivity index (χ2n) is 6.36. The van der Waals surface area contributed by atoms with Crippen LogP contribution in [0.15, 0.2) is 60.8 Å². The van der Waals surface area contributed by atoms with E-state index in [4.69, 9.17) is 5.11 Å². The lowest BCUT2D eigenvalue weighted by Crippen LogP contribution is -2.14. The summed E-state index contributed by atoms with van der Waals surface area (Å²) in [7, 11) is 0. The monoisotopic (exact) mass is 358 g/mol. The summed E-state index contributed by atoms with van der Waals surface area (Å²) in [5, 5.41) is 18.6. The van der Waals surface area contributed by atoms with Crippen molar-refractivity contribution in [3.8, 4) is 0 Å². The van der Waals surface area contributed by atoms with E-state index in [-0.39, 0.29) is 24.0 Å². The van der Waals surface area contributed by atoms with Crippen LogP contribution in [0.4, 0.5) is 0 Å². The lowest BCUT2D eigenvalue weighted by atomic mass is 9.90. The minimum Gasteiger partial charge on any atom is -0.481 e. The average Bonchev–Trinajstić information content (AvgIpc) is 2.95. The summed E-state index contributed by atoms with van der Waals surface area (Å²) in [4.78, 5) is 22.4. The lowest BCUT2D eigenvalue weighted by molar-refractivity contribution is -0.136. The molecular formula is C22H30O4. The van der Waals surface area contributed by atoms with Gasteiger partial charge in [-0.2, -0.15) is 0 Å². The summed E-state index contributed by atoms with van der Waals surface area (Å²) in [6.07, 6.45) is 22.1. The van der Waals surface area contributed by atoms with Gasteiger partial charge < -0.3 is 10.2 Å². The van der Waals surface area contributed by atoms with Crippen LogP contribution in [0.2, 0.25) is 0 Å². The maximum Gasteiger partial charge on any atom is 0.303 e. The largest absolute Gasteiger partial charge is 0.481 e. The summed E-state index contributed by atoms with van der Waals surface area (Å²) < 4.78 is 0. The number of hydrogen-bond acceptors (Lipinski definition) is 3. The van der Waals surface area contributed by atoms with Gasteiger partial charge in [-0.3, -0.25) is 9.59 Å². The van der Waals surface area contributed by atoms with Crippen molar-refractivity contribution < 1.29 is 19.8 Å². The Labute approximate surface area is 156 Å². The van der Waals surface area contributed by atoms with Crippen molar-refractivity contribution in [2.75, 3.05) is 0 Å². The van der Waals surface area contributed by atoms with Crippen LogP contribution in [-0.2, 0) is 9.59 Å². The first-order chi connectivity index (χ1) is 12.5. The SMILES string of the molecule is CC/C=C\C/C=C\C[C@@H](O)/C=C/[C@H]1C=CC(=O)[C@H]1C/C=C\CCC(=O)O. The highest BCUT2D eigenvalue weighted by Gasteiger charge is 2.27. The van der Waals surface area contributed by atoms with Crippen molar-refractivity contribution >= 4 is 11.8 Å². The molecule has 0 aromatic carbocycles. The summed E-state index contributed by atoms with van der Waals surface area (Å²) in [6.45, 7) is 2.09. The predicted octanol–water partition coefficient (Wildman–Crippen LogP) is 4.39. The molecule has 0 aromatic heterocycles. The molecule has 0 heterocycles. The Hall–Kier alpha value is -2.20. The Morgan fingerprint density at radius 2 is 1.96 bits per heavy atom. The molecule has 2 N–H and O–H groups in total. The van der Waals surface area contributed by atoms with Gasteiger partial charge in [0.1, 0.15) is 0 Å². The van der Waals surface area contributed by atoms with Crippen LogP contribution in [-0.4, -0.2) is 28.1 Å². The van der Waals surface area contributed by atoms with Crippen LogP contribution in [0.25, 0.3) is 0 Å². The number of carboxylic acid groups (broad SMARTS) is 1. The van der Waals surface area contributed by atoms with Crippen LogP contribution < -0.4 is 0 Å². The fourth-order valence-corrected chi connectivity index (χ4v) is 2.70. The fourth-order valence-electron chi connectivity index (χ4n) is 2.70. The Bertz CT molecular complexity index is 581. The van der Waals surface area contributed by atoms with Crippen LogP contribution >= 0.6 is 0 Å². The number of rotatable bonds is 12. The highest BCUT2D eigenvalue weighted by molar-refractivity contribution is 5.95. The molecule has 1 rings (SSSR count). The van der Waals surface area contributed by atoms with Gasteiger partial charge in [-0.25, -0.2) is 0 Å². The van der Waals surface area contributed by atoms with Crippen LogP contribution in [0.3, 0.4) is 0 Å². The highest BCUT2D eigenvalue weighted by Crippen LogP contribution is 2.27. The topological polar surface area (TPSA) is 74.6 Å². The van der Waals surface area contributed by atoms with Crippen molar-refractivity contribution in [2.45, 2.75) is 51.6 Å². The van der Waals surface area contributed by atoms with Crippen molar-refractivity contribution in [2.24, 2.45) is 11.8 Å². The fraction of sp³-hybridized carbons (Fsp3) is 0.455. The highest BCUT2D eigenvalue weighted by atomic mass is 16.4. The molecule has 0 spiro atoms. The molecule has 0 radical (unpaired) electrons. The van der Waals surface area contributed by atoms with Crippen molar-refractivity contribution in [1.82, 2.24) is 0 Å². The molecular weight excluding hydrogens is 328 g/mol. The van der Waals surface area contributed by atoms with E-state index in [1.807, 2.05) is 36.5 Å². The molecule has 0 fully saturated rings. The Morgan fingerprint density at radius 3 is 2.69 bits per heavy atom. The summed E-state index contributed by atoms with van der Waals surface area (Å²) in [5.74, 6) is -0.912. The summed E-state index contributed by atoms with van der Waals surface area (Å²) in [5.41, 5.74) is 0. The molecule has 0 bridgehead atoms. The van der Waals surface area contributed by atoms with Gasteiger partial charge in [0, 0.05) is 18.3 Å². The Kier molecular flexibility index (Phi) is 11.0. The van der Waals surface area contributed by atoms with Crippen molar-refractivity contribution in [3.63, 3.8) is 0 Å². The quantitative estimate of drug-likeness (QED) is 0.507. The number of hydrogen-bond donors (Lipinski definition) is 2. The summed E-state index contributed by atoms with van der Waals surface area (Å²) >= 11 is 0. The molecule has 26 heavy (non-hydrogen) atoms. The molecule has 0 unspecified atom stereocenters. The minimum absolute atomic E-state index is 0.0160. The zero-order chi connectivity index (χ0) is 19.2. The summed E-state index contributed by atoms with van der Waals surface area (Å²) in [6, 6.07) is 0. The van der Waals surface area contributed by atoms with E-state index in [0.29, 0.717) is 19.3 Å². The third-order valence-corrected chi connectivity index (χ3v) is 4.17. The van der Waals surface area contributed by atoms with Gasteiger partial charge >= 0.3 is 5.97 Å². The van der Waals surface area contributed by atoms with Gasteiger partial charge in [0.05, 0.1) is 6.10 Å². The van der Waals surface area contributed by atoms with Crippen LogP contribution in [0.1, 0.15) is 45.4 Å². The molecule has 0 amide bonds. The maximum absolute atomic E-state index is 12.0. The molecule has 4 nitrogen and oxygen atoms in total. The van der Waals surface area contributed by atoms with E-state index in [1.54, 1.807) is 12.2 Å². The molecule has 3 atom stereocenters. The van der Waals surface area contributed by atoms with E-state index in [2.05, 4.69) is 19.1 Å². The van der Waals surface area contributed by atoms with E-state index >= 15 is 0 Å². The van der Waals surface area contributed by atoms with Crippen molar-refractivity contribution in [3.05, 3.63) is 60.8 Å². The van der Waals surface area contributed by atoms with E-state index in [9.17, 15) is 14.7 Å². The Balaban J connectivity index is 2.41. The zero-order valence-electron chi connectivity index (χ0n) is 15.5. The van der Waals surface area contributed by atoms with Gasteiger partial charge in [-0.15, -0.1) is 0 Å². The third kappa shape index (κ3) is 9.33. The molecule has 142 valence electrons. The zero-order valence-corrected chi connectivity index (χ0v) is 15.5. The molecule has 0 aromatic rings. The maximum atomic E-state index is 12.0. The smallest absolute Gasteiger partial charge is 0.303 e. The minimum atomic E-state index is -0.821. The third-order valence-electron chi connectivity index (χ3n) is 4.17.